The van der Waals surface area contributed by atoms with E-state index in [9.17, 15) is 4.79 Å². The summed E-state index contributed by atoms with van der Waals surface area (Å²) in [5.74, 6) is 0.933. The number of ether oxygens (including phenoxy) is 1. The Morgan fingerprint density at radius 3 is 2.80 bits per heavy atom. The second kappa shape index (κ2) is 7.38. The zero-order chi connectivity index (χ0) is 14.2. The van der Waals surface area contributed by atoms with E-state index in [1.807, 2.05) is 53.4 Å². The molecule has 1 aromatic heterocycles. The van der Waals surface area contributed by atoms with Gasteiger partial charge in [-0.25, -0.2) is 0 Å². The SMILES string of the molecule is COc1cccc(CCNC(=O)CCn2cccc2)c1. The van der Waals surface area contributed by atoms with Gasteiger partial charge in [0.2, 0.25) is 5.91 Å². The number of rotatable bonds is 7. The highest BCUT2D eigenvalue weighted by Crippen LogP contribution is 2.12. The Morgan fingerprint density at radius 2 is 2.05 bits per heavy atom. The molecule has 0 aliphatic rings. The van der Waals surface area contributed by atoms with E-state index in [2.05, 4.69) is 5.32 Å². The van der Waals surface area contributed by atoms with Gasteiger partial charge >= 0.3 is 0 Å². The van der Waals surface area contributed by atoms with Gasteiger partial charge in [0.1, 0.15) is 5.75 Å². The van der Waals surface area contributed by atoms with Crippen LogP contribution in [0.25, 0.3) is 0 Å². The predicted octanol–water partition coefficient (Wildman–Crippen LogP) is 2.25. The maximum absolute atomic E-state index is 11.7. The van der Waals surface area contributed by atoms with Crippen LogP contribution >= 0.6 is 0 Å². The average molecular weight is 272 g/mol. The first-order valence-corrected chi connectivity index (χ1v) is 6.78. The lowest BCUT2D eigenvalue weighted by atomic mass is 10.1. The zero-order valence-electron chi connectivity index (χ0n) is 11.7. The topological polar surface area (TPSA) is 43.3 Å². The summed E-state index contributed by atoms with van der Waals surface area (Å²) in [4.78, 5) is 11.7. The number of hydrogen-bond donors (Lipinski definition) is 1. The number of nitrogens with zero attached hydrogens (tertiary/aromatic N) is 1. The molecule has 4 heteroatoms. The molecular formula is C16H20N2O2. The minimum atomic E-state index is 0.0848. The molecule has 106 valence electrons. The van der Waals surface area contributed by atoms with Gasteiger partial charge < -0.3 is 14.6 Å². The van der Waals surface area contributed by atoms with Gasteiger partial charge in [-0.05, 0) is 36.2 Å². The van der Waals surface area contributed by atoms with Crippen LogP contribution in [0.2, 0.25) is 0 Å². The fourth-order valence-electron chi connectivity index (χ4n) is 2.01. The molecular weight excluding hydrogens is 252 g/mol. The van der Waals surface area contributed by atoms with Gasteiger partial charge in [0.15, 0.2) is 0 Å². The van der Waals surface area contributed by atoms with Crippen molar-refractivity contribution in [3.05, 3.63) is 54.4 Å². The van der Waals surface area contributed by atoms with Crippen LogP contribution in [0.1, 0.15) is 12.0 Å². The molecule has 1 aromatic carbocycles. The highest BCUT2D eigenvalue weighted by Gasteiger charge is 2.01. The van der Waals surface area contributed by atoms with Gasteiger partial charge in [0, 0.05) is 31.9 Å². The Labute approximate surface area is 119 Å². The molecule has 0 radical (unpaired) electrons. The largest absolute Gasteiger partial charge is 0.497 e. The van der Waals surface area contributed by atoms with Gasteiger partial charge in [-0.1, -0.05) is 12.1 Å². The second-order valence-electron chi connectivity index (χ2n) is 4.62. The summed E-state index contributed by atoms with van der Waals surface area (Å²) in [7, 11) is 1.65. The van der Waals surface area contributed by atoms with Crippen molar-refractivity contribution >= 4 is 5.91 Å². The molecule has 2 aromatic rings. The third kappa shape index (κ3) is 4.46. The summed E-state index contributed by atoms with van der Waals surface area (Å²) in [6.07, 6.45) is 5.24. The first-order chi connectivity index (χ1) is 9.78. The number of carbonyl (C=O) groups is 1. The van der Waals surface area contributed by atoms with Gasteiger partial charge in [-0.3, -0.25) is 4.79 Å². The molecule has 0 fully saturated rings. The smallest absolute Gasteiger partial charge is 0.221 e. The molecule has 0 atom stereocenters. The lowest BCUT2D eigenvalue weighted by Gasteiger charge is -2.07. The molecule has 0 bridgehead atoms. The number of methoxy groups -OCH3 is 1. The number of amides is 1. The van der Waals surface area contributed by atoms with E-state index >= 15 is 0 Å². The zero-order valence-corrected chi connectivity index (χ0v) is 11.7. The summed E-state index contributed by atoms with van der Waals surface area (Å²) in [6, 6.07) is 11.8. The normalized spacial score (nSPS) is 10.2. The number of benzene rings is 1. The van der Waals surface area contributed by atoms with Crippen molar-refractivity contribution in [2.75, 3.05) is 13.7 Å². The first-order valence-electron chi connectivity index (χ1n) is 6.78. The third-order valence-corrected chi connectivity index (χ3v) is 3.13. The Morgan fingerprint density at radius 1 is 1.25 bits per heavy atom. The van der Waals surface area contributed by atoms with Crippen molar-refractivity contribution in [1.29, 1.82) is 0 Å². The Kier molecular flexibility index (Phi) is 5.24. The molecule has 0 aliphatic carbocycles. The van der Waals surface area contributed by atoms with E-state index in [0.29, 0.717) is 13.0 Å². The quantitative estimate of drug-likeness (QED) is 0.840. The molecule has 20 heavy (non-hydrogen) atoms. The third-order valence-electron chi connectivity index (χ3n) is 3.13. The van der Waals surface area contributed by atoms with Crippen molar-refractivity contribution in [2.24, 2.45) is 0 Å². The standard InChI is InChI=1S/C16H20N2O2/c1-20-15-6-4-5-14(13-15)7-9-17-16(19)8-12-18-10-2-3-11-18/h2-6,10-11,13H,7-9,12H2,1H3,(H,17,19). The van der Waals surface area contributed by atoms with Crippen LogP contribution in [-0.4, -0.2) is 24.1 Å². The van der Waals surface area contributed by atoms with Gasteiger partial charge in [-0.2, -0.15) is 0 Å². The Balaban J connectivity index is 1.68. The Bertz CT molecular complexity index is 535. The molecule has 0 unspecified atom stereocenters. The minimum absolute atomic E-state index is 0.0848. The lowest BCUT2D eigenvalue weighted by molar-refractivity contribution is -0.121. The average Bonchev–Trinajstić information content (AvgIpc) is 2.99. The molecule has 1 amide bonds. The van der Waals surface area contributed by atoms with E-state index in [1.165, 1.54) is 0 Å². The lowest BCUT2D eigenvalue weighted by Crippen LogP contribution is -2.26. The summed E-state index contributed by atoms with van der Waals surface area (Å²) < 4.78 is 7.17. The van der Waals surface area contributed by atoms with Crippen LogP contribution in [0, 0.1) is 0 Å². The van der Waals surface area contributed by atoms with Gasteiger partial charge in [-0.15, -0.1) is 0 Å². The molecule has 2 rings (SSSR count). The van der Waals surface area contributed by atoms with E-state index in [0.717, 1.165) is 24.3 Å². The predicted molar refractivity (Wildman–Crippen MR) is 78.8 cm³/mol. The van der Waals surface area contributed by atoms with E-state index in [1.54, 1.807) is 7.11 Å². The molecule has 0 saturated carbocycles. The van der Waals surface area contributed by atoms with Crippen LogP contribution in [0.3, 0.4) is 0 Å². The number of hydrogen-bond acceptors (Lipinski definition) is 2. The number of aryl methyl sites for hydroxylation is 1. The van der Waals surface area contributed by atoms with Gasteiger partial charge in [0.05, 0.1) is 7.11 Å². The number of aromatic nitrogens is 1. The van der Waals surface area contributed by atoms with Crippen molar-refractivity contribution in [2.45, 2.75) is 19.4 Å². The molecule has 0 saturated heterocycles. The fourth-order valence-corrected chi connectivity index (χ4v) is 2.01. The van der Waals surface area contributed by atoms with E-state index in [4.69, 9.17) is 4.74 Å². The van der Waals surface area contributed by atoms with Crippen molar-refractivity contribution < 1.29 is 9.53 Å². The maximum Gasteiger partial charge on any atom is 0.221 e. The van der Waals surface area contributed by atoms with Crippen LogP contribution in [-0.2, 0) is 17.8 Å². The van der Waals surface area contributed by atoms with Crippen LogP contribution in [0.4, 0.5) is 0 Å². The summed E-state index contributed by atoms with van der Waals surface area (Å²) in [6.45, 7) is 1.37. The van der Waals surface area contributed by atoms with E-state index < -0.39 is 0 Å². The number of nitrogens with one attached hydrogen (secondary N) is 1. The summed E-state index contributed by atoms with van der Waals surface area (Å²) in [5, 5.41) is 2.94. The van der Waals surface area contributed by atoms with Crippen LogP contribution in [0.5, 0.6) is 5.75 Å². The minimum Gasteiger partial charge on any atom is -0.497 e. The van der Waals surface area contributed by atoms with Crippen LogP contribution < -0.4 is 10.1 Å². The molecule has 0 aliphatic heterocycles. The highest BCUT2D eigenvalue weighted by molar-refractivity contribution is 5.75. The van der Waals surface area contributed by atoms with Crippen molar-refractivity contribution in [3.63, 3.8) is 0 Å². The maximum atomic E-state index is 11.7. The summed E-state index contributed by atoms with van der Waals surface area (Å²) >= 11 is 0. The first kappa shape index (κ1) is 14.2. The second-order valence-corrected chi connectivity index (χ2v) is 4.62. The summed E-state index contributed by atoms with van der Waals surface area (Å²) in [5.41, 5.74) is 1.16. The van der Waals surface area contributed by atoms with Crippen LogP contribution in [0.15, 0.2) is 48.8 Å². The number of carbonyl (C=O) groups excluding carboxylic acids is 1. The Hall–Kier alpha value is -2.23. The van der Waals surface area contributed by atoms with Crippen molar-refractivity contribution in [1.82, 2.24) is 9.88 Å². The molecule has 4 nitrogen and oxygen atoms in total. The van der Waals surface area contributed by atoms with Crippen molar-refractivity contribution in [3.8, 4) is 5.75 Å². The fraction of sp³-hybridized carbons (Fsp3) is 0.312. The molecule has 1 N–H and O–H groups in total. The van der Waals surface area contributed by atoms with E-state index in [-0.39, 0.29) is 5.91 Å². The molecule has 0 spiro atoms. The monoisotopic (exact) mass is 272 g/mol. The highest BCUT2D eigenvalue weighted by atomic mass is 16.5. The van der Waals surface area contributed by atoms with Gasteiger partial charge in [0.25, 0.3) is 0 Å². The molecule has 1 heterocycles.